The minimum Gasteiger partial charge on any atom is -0.274 e. The number of fused-ring (bicyclic) bond motifs is 2. The molecule has 2 saturated carbocycles. The Morgan fingerprint density at radius 3 is 2.59 bits per heavy atom. The lowest BCUT2D eigenvalue weighted by Gasteiger charge is -2.20. The van der Waals surface area contributed by atoms with E-state index < -0.39 is 16.7 Å². The quantitative estimate of drug-likeness (QED) is 0.811. The maximum Gasteiger partial charge on any atom is 0.236 e. The molecule has 98 valence electrons. The van der Waals surface area contributed by atoms with Crippen LogP contribution in [0, 0.1) is 17.8 Å². The van der Waals surface area contributed by atoms with E-state index in [1.807, 2.05) is 0 Å². The number of halogens is 1. The van der Waals surface area contributed by atoms with Crippen LogP contribution in [0.4, 0.5) is 4.39 Å². The number of sulfonamides is 1. The van der Waals surface area contributed by atoms with Crippen molar-refractivity contribution in [1.82, 2.24) is 4.72 Å². The lowest BCUT2D eigenvalue weighted by molar-refractivity contribution is -0.124. The van der Waals surface area contributed by atoms with E-state index in [9.17, 15) is 17.6 Å². The summed E-state index contributed by atoms with van der Waals surface area (Å²) < 4.78 is 36.9. The molecular formula is C11H18FNO3S. The van der Waals surface area contributed by atoms with E-state index in [0.29, 0.717) is 11.8 Å². The smallest absolute Gasteiger partial charge is 0.236 e. The van der Waals surface area contributed by atoms with Gasteiger partial charge >= 0.3 is 0 Å². The van der Waals surface area contributed by atoms with Crippen molar-refractivity contribution in [1.29, 1.82) is 0 Å². The first-order valence-corrected chi connectivity index (χ1v) is 7.77. The van der Waals surface area contributed by atoms with E-state index in [1.165, 1.54) is 6.42 Å². The fourth-order valence-corrected chi connectivity index (χ4v) is 4.14. The van der Waals surface area contributed by atoms with Gasteiger partial charge in [0.15, 0.2) is 0 Å². The largest absolute Gasteiger partial charge is 0.274 e. The highest BCUT2D eigenvalue weighted by Gasteiger charge is 2.43. The highest BCUT2D eigenvalue weighted by Crippen LogP contribution is 2.48. The highest BCUT2D eigenvalue weighted by molar-refractivity contribution is 7.90. The van der Waals surface area contributed by atoms with Gasteiger partial charge in [0.1, 0.15) is 0 Å². The molecule has 0 spiro atoms. The molecular weight excluding hydrogens is 245 g/mol. The van der Waals surface area contributed by atoms with Gasteiger partial charge in [0, 0.05) is 5.92 Å². The molecule has 2 aliphatic carbocycles. The summed E-state index contributed by atoms with van der Waals surface area (Å²) in [5, 5.41) is 0. The lowest BCUT2D eigenvalue weighted by atomic mass is 9.88. The molecule has 1 amide bonds. The van der Waals surface area contributed by atoms with Crippen molar-refractivity contribution in [3.05, 3.63) is 0 Å². The van der Waals surface area contributed by atoms with Crippen LogP contribution < -0.4 is 4.72 Å². The summed E-state index contributed by atoms with van der Waals surface area (Å²) in [5.41, 5.74) is 0. The molecule has 17 heavy (non-hydrogen) atoms. The maximum atomic E-state index is 11.9. The first-order valence-electron chi connectivity index (χ1n) is 6.12. The molecule has 0 aliphatic heterocycles. The van der Waals surface area contributed by atoms with Gasteiger partial charge in [0.25, 0.3) is 0 Å². The van der Waals surface area contributed by atoms with Crippen LogP contribution in [-0.4, -0.2) is 26.8 Å². The fraction of sp³-hybridized carbons (Fsp3) is 0.909. The molecule has 0 aromatic rings. The van der Waals surface area contributed by atoms with Crippen LogP contribution in [0.5, 0.6) is 0 Å². The molecule has 0 unspecified atom stereocenters. The number of amides is 1. The van der Waals surface area contributed by atoms with E-state index in [-0.39, 0.29) is 24.0 Å². The van der Waals surface area contributed by atoms with Crippen molar-refractivity contribution >= 4 is 15.9 Å². The zero-order valence-electron chi connectivity index (χ0n) is 9.69. The van der Waals surface area contributed by atoms with Crippen molar-refractivity contribution in [2.75, 3.05) is 12.4 Å². The second-order valence-electron chi connectivity index (χ2n) is 5.11. The van der Waals surface area contributed by atoms with Crippen molar-refractivity contribution in [2.24, 2.45) is 17.8 Å². The number of alkyl halides is 1. The summed E-state index contributed by atoms with van der Waals surface area (Å²) in [6.07, 6.45) is 4.02. The second kappa shape index (κ2) is 4.92. The average Bonchev–Trinajstić information content (AvgIpc) is 2.87. The second-order valence-corrected chi connectivity index (χ2v) is 6.95. The van der Waals surface area contributed by atoms with Crippen molar-refractivity contribution < 1.29 is 17.6 Å². The Hall–Kier alpha value is -0.650. The Labute approximate surface area is 101 Å². The van der Waals surface area contributed by atoms with Gasteiger partial charge in [0.2, 0.25) is 15.9 Å². The molecule has 0 radical (unpaired) electrons. The topological polar surface area (TPSA) is 63.2 Å². The van der Waals surface area contributed by atoms with Crippen molar-refractivity contribution in [3.8, 4) is 0 Å². The Kier molecular flexibility index (Phi) is 3.70. The molecule has 6 heteroatoms. The van der Waals surface area contributed by atoms with Crippen molar-refractivity contribution in [3.63, 3.8) is 0 Å². The van der Waals surface area contributed by atoms with Gasteiger partial charge in [-0.25, -0.2) is 8.42 Å². The van der Waals surface area contributed by atoms with E-state index >= 15 is 0 Å². The molecule has 0 saturated heterocycles. The van der Waals surface area contributed by atoms with Crippen LogP contribution in [0.1, 0.15) is 32.1 Å². The minimum absolute atomic E-state index is 0.0562. The molecule has 2 rings (SSSR count). The summed E-state index contributed by atoms with van der Waals surface area (Å²) in [4.78, 5) is 11.8. The van der Waals surface area contributed by atoms with Gasteiger partial charge in [-0.3, -0.25) is 13.9 Å². The summed E-state index contributed by atoms with van der Waals surface area (Å²) >= 11 is 0. The third-order valence-electron chi connectivity index (χ3n) is 3.88. The third-order valence-corrected chi connectivity index (χ3v) is 5.22. The van der Waals surface area contributed by atoms with E-state index in [0.717, 1.165) is 19.3 Å². The fourth-order valence-electron chi connectivity index (χ4n) is 3.09. The van der Waals surface area contributed by atoms with Crippen LogP contribution in [0.2, 0.25) is 0 Å². The van der Waals surface area contributed by atoms with Gasteiger partial charge < -0.3 is 0 Å². The summed E-state index contributed by atoms with van der Waals surface area (Å²) in [7, 11) is -3.64. The number of carbonyl (C=O) groups is 1. The third kappa shape index (κ3) is 2.97. The van der Waals surface area contributed by atoms with Crippen LogP contribution in [0.25, 0.3) is 0 Å². The summed E-state index contributed by atoms with van der Waals surface area (Å²) in [6, 6.07) is 0. The lowest BCUT2D eigenvalue weighted by Crippen LogP contribution is -2.39. The predicted octanol–water partition coefficient (Wildman–Crippen LogP) is 1.23. The highest BCUT2D eigenvalue weighted by atomic mass is 32.2. The number of nitrogens with one attached hydrogen (secondary N) is 1. The zero-order valence-corrected chi connectivity index (χ0v) is 10.5. The van der Waals surface area contributed by atoms with Crippen molar-refractivity contribution in [2.45, 2.75) is 32.1 Å². The molecule has 3 atom stereocenters. The monoisotopic (exact) mass is 263 g/mol. The number of hydrogen-bond donors (Lipinski definition) is 1. The molecule has 1 N–H and O–H groups in total. The Bertz CT molecular complexity index is 396. The molecule has 2 bridgehead atoms. The molecule has 0 aromatic carbocycles. The van der Waals surface area contributed by atoms with Gasteiger partial charge in [-0.05, 0) is 37.5 Å². The SMILES string of the molecule is O=C(NS(=O)(=O)CCCF)[C@@H]1C[C@H]2CC[C@H]1C2. The van der Waals surface area contributed by atoms with Crippen LogP contribution in [-0.2, 0) is 14.8 Å². The zero-order chi connectivity index (χ0) is 12.5. The molecule has 2 aliphatic rings. The average molecular weight is 263 g/mol. The van der Waals surface area contributed by atoms with E-state index in [2.05, 4.69) is 4.72 Å². The predicted molar refractivity (Wildman–Crippen MR) is 61.5 cm³/mol. The molecule has 4 nitrogen and oxygen atoms in total. The summed E-state index contributed by atoms with van der Waals surface area (Å²) in [6.45, 7) is -0.677. The standard InChI is InChI=1S/C11H18FNO3S/c12-4-1-5-17(15,16)13-11(14)10-7-8-2-3-9(10)6-8/h8-10H,1-7H2,(H,13,14)/t8-,9-,10+/m0/s1. The molecule has 2 fully saturated rings. The Morgan fingerprint density at radius 2 is 2.06 bits per heavy atom. The normalized spacial score (nSPS) is 31.7. The molecule has 0 aromatic heterocycles. The number of hydrogen-bond acceptors (Lipinski definition) is 3. The maximum absolute atomic E-state index is 11.9. The molecule has 0 heterocycles. The van der Waals surface area contributed by atoms with E-state index in [4.69, 9.17) is 0 Å². The van der Waals surface area contributed by atoms with Crippen LogP contribution in [0.3, 0.4) is 0 Å². The minimum atomic E-state index is -3.64. The Morgan fingerprint density at radius 1 is 1.29 bits per heavy atom. The first-order chi connectivity index (χ1) is 8.02. The van der Waals surface area contributed by atoms with Crippen LogP contribution >= 0.6 is 0 Å². The van der Waals surface area contributed by atoms with Gasteiger partial charge in [0.05, 0.1) is 12.4 Å². The summed E-state index contributed by atoms with van der Waals surface area (Å²) in [5.74, 6) is 0.126. The van der Waals surface area contributed by atoms with Gasteiger partial charge in [-0.2, -0.15) is 0 Å². The number of carbonyl (C=O) groups excluding carboxylic acids is 1. The first kappa shape index (κ1) is 12.8. The van der Waals surface area contributed by atoms with Crippen LogP contribution in [0.15, 0.2) is 0 Å². The van der Waals surface area contributed by atoms with Gasteiger partial charge in [-0.1, -0.05) is 6.42 Å². The van der Waals surface area contributed by atoms with E-state index in [1.54, 1.807) is 0 Å². The Balaban J connectivity index is 1.89. The number of rotatable bonds is 5. The van der Waals surface area contributed by atoms with Gasteiger partial charge in [-0.15, -0.1) is 0 Å².